The van der Waals surface area contributed by atoms with E-state index in [4.69, 9.17) is 5.11 Å². The van der Waals surface area contributed by atoms with Gasteiger partial charge in [0.2, 0.25) is 5.91 Å². The monoisotopic (exact) mass is 322 g/mol. The number of aliphatic carboxylic acids is 1. The van der Waals surface area contributed by atoms with Crippen molar-refractivity contribution in [1.82, 2.24) is 10.6 Å². The van der Waals surface area contributed by atoms with Crippen LogP contribution in [-0.2, 0) is 9.59 Å². The van der Waals surface area contributed by atoms with Crippen LogP contribution in [0.3, 0.4) is 0 Å². The standard InChI is InChI=1S/C12H13F3N2O3S/c13-12(14,15)11(3-4-16-6-11)10(20)17-8(9(18)19)7-2-1-5-21-7/h1-2,5,8,16H,3-4,6H2,(H,17,20)(H,18,19). The van der Waals surface area contributed by atoms with Crippen LogP contribution in [0.5, 0.6) is 0 Å². The van der Waals surface area contributed by atoms with Crippen LogP contribution in [0, 0.1) is 5.41 Å². The normalized spacial score (nSPS) is 23.8. The highest BCUT2D eigenvalue weighted by atomic mass is 32.1. The van der Waals surface area contributed by atoms with Gasteiger partial charge >= 0.3 is 12.1 Å². The zero-order chi connectivity index (χ0) is 15.7. The van der Waals surface area contributed by atoms with E-state index >= 15 is 0 Å². The van der Waals surface area contributed by atoms with Crippen molar-refractivity contribution in [3.05, 3.63) is 22.4 Å². The van der Waals surface area contributed by atoms with Gasteiger partial charge in [0.05, 0.1) is 0 Å². The van der Waals surface area contributed by atoms with Crippen molar-refractivity contribution in [1.29, 1.82) is 0 Å². The molecule has 1 saturated heterocycles. The molecular formula is C12H13F3N2O3S. The zero-order valence-electron chi connectivity index (χ0n) is 10.7. The fourth-order valence-electron chi connectivity index (χ4n) is 2.24. The predicted octanol–water partition coefficient (Wildman–Crippen LogP) is 1.53. The van der Waals surface area contributed by atoms with Crippen LogP contribution in [0.15, 0.2) is 17.5 Å². The number of alkyl halides is 3. The Bertz CT molecular complexity index is 524. The van der Waals surface area contributed by atoms with Crippen LogP contribution < -0.4 is 10.6 Å². The van der Waals surface area contributed by atoms with Gasteiger partial charge < -0.3 is 15.7 Å². The van der Waals surface area contributed by atoms with Gasteiger partial charge in [0, 0.05) is 11.4 Å². The lowest BCUT2D eigenvalue weighted by Gasteiger charge is -2.30. The smallest absolute Gasteiger partial charge is 0.404 e. The lowest BCUT2D eigenvalue weighted by molar-refractivity contribution is -0.216. The maximum Gasteiger partial charge on any atom is 0.404 e. The van der Waals surface area contributed by atoms with Crippen LogP contribution in [0.1, 0.15) is 17.3 Å². The topological polar surface area (TPSA) is 78.4 Å². The minimum Gasteiger partial charge on any atom is -0.479 e. The van der Waals surface area contributed by atoms with Crippen molar-refractivity contribution >= 4 is 23.2 Å². The van der Waals surface area contributed by atoms with Crippen molar-refractivity contribution in [2.45, 2.75) is 18.6 Å². The molecule has 0 aromatic carbocycles. The summed E-state index contributed by atoms with van der Waals surface area (Å²) in [6, 6.07) is 1.55. The molecule has 0 spiro atoms. The van der Waals surface area contributed by atoms with E-state index in [0.29, 0.717) is 0 Å². The van der Waals surface area contributed by atoms with Gasteiger partial charge in [-0.3, -0.25) is 4.79 Å². The fourth-order valence-corrected chi connectivity index (χ4v) is 3.00. The van der Waals surface area contributed by atoms with Gasteiger partial charge in [-0.05, 0) is 24.4 Å². The first-order chi connectivity index (χ1) is 9.78. The number of carbonyl (C=O) groups excluding carboxylic acids is 1. The second-order valence-corrected chi connectivity index (χ2v) is 5.75. The molecule has 9 heteroatoms. The third kappa shape index (κ3) is 2.88. The van der Waals surface area contributed by atoms with Crippen LogP contribution in [0.2, 0.25) is 0 Å². The molecular weight excluding hydrogens is 309 g/mol. The summed E-state index contributed by atoms with van der Waals surface area (Å²) < 4.78 is 39.6. The summed E-state index contributed by atoms with van der Waals surface area (Å²) in [6.45, 7) is -0.483. The molecule has 1 amide bonds. The third-order valence-corrected chi connectivity index (χ3v) is 4.42. The SMILES string of the molecule is O=C(O)C(NC(=O)C1(C(F)(F)F)CCNC1)c1cccs1. The van der Waals surface area contributed by atoms with Gasteiger partial charge in [-0.2, -0.15) is 13.2 Å². The van der Waals surface area contributed by atoms with Crippen LogP contribution in [0.25, 0.3) is 0 Å². The molecule has 2 heterocycles. The van der Waals surface area contributed by atoms with E-state index in [9.17, 15) is 22.8 Å². The molecule has 116 valence electrons. The van der Waals surface area contributed by atoms with Gasteiger partial charge in [0.15, 0.2) is 11.5 Å². The molecule has 1 aliphatic rings. The summed E-state index contributed by atoms with van der Waals surface area (Å²) in [5.74, 6) is -2.70. The second-order valence-electron chi connectivity index (χ2n) is 4.77. The number of hydrogen-bond donors (Lipinski definition) is 3. The predicted molar refractivity (Wildman–Crippen MR) is 68.8 cm³/mol. The van der Waals surface area contributed by atoms with Gasteiger partial charge in [0.1, 0.15) is 0 Å². The number of nitrogens with one attached hydrogen (secondary N) is 2. The summed E-state index contributed by atoms with van der Waals surface area (Å²) in [4.78, 5) is 23.6. The Hall–Kier alpha value is -1.61. The van der Waals surface area contributed by atoms with Crippen molar-refractivity contribution < 1.29 is 27.9 Å². The highest BCUT2D eigenvalue weighted by Gasteiger charge is 2.61. The first-order valence-electron chi connectivity index (χ1n) is 6.12. The Morgan fingerprint density at radius 1 is 1.48 bits per heavy atom. The lowest BCUT2D eigenvalue weighted by Crippen LogP contribution is -2.53. The van der Waals surface area contributed by atoms with E-state index in [2.05, 4.69) is 5.32 Å². The van der Waals surface area contributed by atoms with E-state index in [1.54, 1.807) is 11.4 Å². The van der Waals surface area contributed by atoms with E-state index < -0.39 is 42.5 Å². The number of carboxylic acids is 1. The summed E-state index contributed by atoms with van der Waals surface area (Å²) in [5, 5.41) is 15.2. The zero-order valence-corrected chi connectivity index (χ0v) is 11.6. The largest absolute Gasteiger partial charge is 0.479 e. The Kier molecular flexibility index (Phi) is 4.24. The Morgan fingerprint density at radius 2 is 2.19 bits per heavy atom. The molecule has 0 radical (unpaired) electrons. The highest BCUT2D eigenvalue weighted by Crippen LogP contribution is 2.43. The fraction of sp³-hybridized carbons (Fsp3) is 0.500. The van der Waals surface area contributed by atoms with Crippen molar-refractivity contribution in [3.8, 4) is 0 Å². The molecule has 2 unspecified atom stereocenters. The number of carbonyl (C=O) groups is 2. The van der Waals surface area contributed by atoms with E-state index in [1.807, 2.05) is 5.32 Å². The number of rotatable bonds is 4. The van der Waals surface area contributed by atoms with Crippen molar-refractivity contribution in [2.75, 3.05) is 13.1 Å². The first-order valence-corrected chi connectivity index (χ1v) is 7.00. The number of amides is 1. The summed E-state index contributed by atoms with van der Waals surface area (Å²) >= 11 is 1.06. The first kappa shape index (κ1) is 15.8. The number of hydrogen-bond acceptors (Lipinski definition) is 4. The lowest BCUT2D eigenvalue weighted by atomic mass is 9.85. The summed E-state index contributed by atoms with van der Waals surface area (Å²) in [6.07, 6.45) is -5.14. The molecule has 0 aliphatic carbocycles. The molecule has 1 fully saturated rings. The molecule has 0 saturated carbocycles. The molecule has 21 heavy (non-hydrogen) atoms. The summed E-state index contributed by atoms with van der Waals surface area (Å²) in [7, 11) is 0. The van der Waals surface area contributed by atoms with Gasteiger partial charge in [0.25, 0.3) is 0 Å². The van der Waals surface area contributed by atoms with Gasteiger partial charge in [-0.15, -0.1) is 11.3 Å². The number of halogens is 3. The number of carboxylic acid groups (broad SMARTS) is 1. The van der Waals surface area contributed by atoms with E-state index in [0.717, 1.165) is 11.3 Å². The van der Waals surface area contributed by atoms with Gasteiger partial charge in [-0.1, -0.05) is 6.07 Å². The average molecular weight is 322 g/mol. The Morgan fingerprint density at radius 3 is 2.62 bits per heavy atom. The highest BCUT2D eigenvalue weighted by molar-refractivity contribution is 7.10. The maximum absolute atomic E-state index is 13.2. The van der Waals surface area contributed by atoms with Crippen molar-refractivity contribution in [3.63, 3.8) is 0 Å². The van der Waals surface area contributed by atoms with Crippen LogP contribution in [-0.4, -0.2) is 36.2 Å². The van der Waals surface area contributed by atoms with Crippen LogP contribution in [0.4, 0.5) is 13.2 Å². The van der Waals surface area contributed by atoms with E-state index in [1.165, 1.54) is 6.07 Å². The molecule has 3 N–H and O–H groups in total. The third-order valence-electron chi connectivity index (χ3n) is 3.48. The second kappa shape index (κ2) is 5.64. The van der Waals surface area contributed by atoms with Gasteiger partial charge in [-0.25, -0.2) is 4.79 Å². The number of thiophene rings is 1. The average Bonchev–Trinajstić information content (AvgIpc) is 3.05. The molecule has 2 atom stereocenters. The molecule has 1 aromatic rings. The molecule has 1 aliphatic heterocycles. The maximum atomic E-state index is 13.2. The van der Waals surface area contributed by atoms with E-state index in [-0.39, 0.29) is 11.4 Å². The molecule has 0 bridgehead atoms. The minimum atomic E-state index is -4.74. The quantitative estimate of drug-likeness (QED) is 0.785. The molecule has 5 nitrogen and oxygen atoms in total. The summed E-state index contributed by atoms with van der Waals surface area (Å²) in [5.41, 5.74) is -2.57. The van der Waals surface area contributed by atoms with Crippen LogP contribution >= 0.6 is 11.3 Å². The Labute approximate surface area is 122 Å². The Balaban J connectivity index is 2.24. The molecule has 1 aromatic heterocycles. The molecule has 2 rings (SSSR count). The minimum absolute atomic E-state index is 0.0592. The van der Waals surface area contributed by atoms with Crippen molar-refractivity contribution in [2.24, 2.45) is 5.41 Å².